The third-order valence-electron chi connectivity index (χ3n) is 7.76. The maximum absolute atomic E-state index is 13.6. The Hall–Kier alpha value is -3.22. The summed E-state index contributed by atoms with van der Waals surface area (Å²) in [6.45, 7) is 2.15. The topological polar surface area (TPSA) is 77.5 Å². The van der Waals surface area contributed by atoms with Gasteiger partial charge < -0.3 is 14.8 Å². The van der Waals surface area contributed by atoms with Gasteiger partial charge >= 0.3 is 12.1 Å². The van der Waals surface area contributed by atoms with E-state index in [0.29, 0.717) is 24.9 Å². The molecule has 1 saturated heterocycles. The number of pyridine rings is 1. The number of hydrogen-bond acceptors (Lipinski definition) is 5. The first-order chi connectivity index (χ1) is 17.0. The van der Waals surface area contributed by atoms with Crippen molar-refractivity contribution < 1.29 is 23.5 Å². The van der Waals surface area contributed by atoms with E-state index in [-0.39, 0.29) is 41.9 Å². The highest BCUT2D eigenvalue weighted by molar-refractivity contribution is 5.72. The average molecular weight is 479 g/mol. The van der Waals surface area contributed by atoms with Crippen molar-refractivity contribution in [2.24, 2.45) is 23.7 Å². The summed E-state index contributed by atoms with van der Waals surface area (Å²) in [5.41, 5.74) is 2.48. The van der Waals surface area contributed by atoms with Crippen molar-refractivity contribution in [2.75, 3.05) is 6.61 Å². The molecule has 5 rings (SSSR count). The van der Waals surface area contributed by atoms with Gasteiger partial charge in [-0.1, -0.05) is 24.3 Å². The lowest BCUT2D eigenvalue weighted by Crippen LogP contribution is -2.48. The normalized spacial score (nSPS) is 29.8. The first-order valence-corrected chi connectivity index (χ1v) is 12.5. The molecule has 3 fully saturated rings. The van der Waals surface area contributed by atoms with Gasteiger partial charge in [0.15, 0.2) is 0 Å². The van der Waals surface area contributed by atoms with Crippen LogP contribution < -0.4 is 5.32 Å². The highest BCUT2D eigenvalue weighted by Crippen LogP contribution is 2.51. The van der Waals surface area contributed by atoms with Crippen molar-refractivity contribution in [2.45, 2.75) is 51.2 Å². The number of esters is 1. The van der Waals surface area contributed by atoms with Gasteiger partial charge in [-0.3, -0.25) is 9.78 Å². The minimum atomic E-state index is -0.360. The van der Waals surface area contributed by atoms with Gasteiger partial charge in [0.1, 0.15) is 11.9 Å². The Morgan fingerprint density at radius 1 is 1.20 bits per heavy atom. The van der Waals surface area contributed by atoms with Gasteiger partial charge in [-0.15, -0.1) is 0 Å². The second-order valence-corrected chi connectivity index (χ2v) is 9.85. The van der Waals surface area contributed by atoms with Gasteiger partial charge in [0, 0.05) is 23.7 Å². The number of amides is 1. The monoisotopic (exact) mass is 478 g/mol. The molecule has 1 aromatic carbocycles. The first kappa shape index (κ1) is 23.5. The molecule has 184 valence electrons. The predicted molar refractivity (Wildman–Crippen MR) is 130 cm³/mol. The molecule has 0 bridgehead atoms. The van der Waals surface area contributed by atoms with Gasteiger partial charge in [0.2, 0.25) is 0 Å². The molecule has 0 radical (unpaired) electrons. The summed E-state index contributed by atoms with van der Waals surface area (Å²) >= 11 is 0. The third-order valence-corrected chi connectivity index (χ3v) is 7.76. The number of nitrogens with one attached hydrogen (secondary N) is 1. The summed E-state index contributed by atoms with van der Waals surface area (Å²) in [5, 5.41) is 3.00. The Kier molecular flexibility index (Phi) is 6.84. The molecule has 1 amide bonds. The highest BCUT2D eigenvalue weighted by atomic mass is 19.1. The number of alkyl carbamates (subject to hydrolysis) is 1. The number of benzene rings is 1. The van der Waals surface area contributed by atoms with Crippen LogP contribution in [0.5, 0.6) is 0 Å². The molecule has 1 aliphatic heterocycles. The van der Waals surface area contributed by atoms with Crippen LogP contribution in [0.15, 0.2) is 48.7 Å². The molecule has 6 nitrogen and oxygen atoms in total. The molecule has 7 heteroatoms. The van der Waals surface area contributed by atoms with E-state index in [4.69, 9.17) is 9.47 Å². The van der Waals surface area contributed by atoms with E-state index >= 15 is 0 Å². The molecule has 6 atom stereocenters. The molecule has 3 aliphatic rings. The summed E-state index contributed by atoms with van der Waals surface area (Å²) in [5.74, 6) is 0.832. The Labute approximate surface area is 204 Å². The maximum atomic E-state index is 13.6. The van der Waals surface area contributed by atoms with Crippen molar-refractivity contribution in [1.82, 2.24) is 10.3 Å². The molecule has 2 aliphatic carbocycles. The maximum Gasteiger partial charge on any atom is 0.407 e. The van der Waals surface area contributed by atoms with Crippen LogP contribution in [-0.2, 0) is 14.3 Å². The van der Waals surface area contributed by atoms with Crippen LogP contribution in [0.3, 0.4) is 0 Å². The Bertz CT molecular complexity index is 1100. The molecule has 0 spiro atoms. The lowest BCUT2D eigenvalue weighted by atomic mass is 9.59. The summed E-state index contributed by atoms with van der Waals surface area (Å²) in [4.78, 5) is 28.6. The van der Waals surface area contributed by atoms with Crippen molar-refractivity contribution in [1.29, 1.82) is 0 Å². The van der Waals surface area contributed by atoms with E-state index in [2.05, 4.69) is 16.4 Å². The standard InChI is InChI=1S/C28H31FN2O4/c1-2-34-28(33)31-22-9-10-23-19(13-22)14-26-25(15-27(32)35-26)24(23)11-8-21-7-6-18(16-30-21)17-4-3-5-20(29)12-17/h3-8,11-12,16,19,22-26H,2,9-10,13-15H2,1H3,(H,31,33)/t19-,22+,23+,24-,25-,26+/m0/s1. The summed E-state index contributed by atoms with van der Waals surface area (Å²) in [6.07, 6.45) is 9.64. The number of carbonyl (C=O) groups excluding carboxylic acids is 2. The number of aromatic nitrogens is 1. The lowest BCUT2D eigenvalue weighted by molar-refractivity contribution is -0.143. The second-order valence-electron chi connectivity index (χ2n) is 9.85. The van der Waals surface area contributed by atoms with Crippen LogP contribution in [0, 0.1) is 29.5 Å². The highest BCUT2D eigenvalue weighted by Gasteiger charge is 2.50. The SMILES string of the molecule is CCOC(=O)N[C@@H]1CC[C@@H]2[C@@H](C1)C[C@H]1OC(=O)C[C@H]1[C@H]2C=Cc1ccc(-c2cccc(F)c2)cn1. The van der Waals surface area contributed by atoms with Crippen LogP contribution in [0.4, 0.5) is 9.18 Å². The zero-order valence-corrected chi connectivity index (χ0v) is 19.9. The second kappa shape index (κ2) is 10.2. The number of rotatable bonds is 5. The van der Waals surface area contributed by atoms with Crippen molar-refractivity contribution in [3.05, 3.63) is 60.2 Å². The number of nitrogens with zero attached hydrogens (tertiary/aromatic N) is 1. The molecule has 2 aromatic rings. The minimum Gasteiger partial charge on any atom is -0.462 e. The largest absolute Gasteiger partial charge is 0.462 e. The molecule has 2 saturated carbocycles. The quantitative estimate of drug-likeness (QED) is 0.584. The number of allylic oxidation sites excluding steroid dienone is 1. The van der Waals surface area contributed by atoms with Gasteiger partial charge in [-0.25, -0.2) is 9.18 Å². The lowest BCUT2D eigenvalue weighted by Gasteiger charge is -2.47. The van der Waals surface area contributed by atoms with Gasteiger partial charge in [-0.2, -0.15) is 0 Å². The zero-order valence-electron chi connectivity index (χ0n) is 19.9. The van der Waals surface area contributed by atoms with E-state index in [1.807, 2.05) is 24.3 Å². The molecule has 1 aromatic heterocycles. The van der Waals surface area contributed by atoms with Crippen LogP contribution in [0.1, 0.15) is 44.7 Å². The van der Waals surface area contributed by atoms with Crippen LogP contribution in [0.2, 0.25) is 0 Å². The third kappa shape index (κ3) is 5.24. The Morgan fingerprint density at radius 3 is 2.86 bits per heavy atom. The smallest absolute Gasteiger partial charge is 0.407 e. The van der Waals surface area contributed by atoms with Crippen LogP contribution in [-0.4, -0.2) is 35.8 Å². The Balaban J connectivity index is 1.31. The first-order valence-electron chi connectivity index (χ1n) is 12.5. The van der Waals surface area contributed by atoms with Crippen molar-refractivity contribution in [3.8, 4) is 11.1 Å². The summed E-state index contributed by atoms with van der Waals surface area (Å²) < 4.78 is 24.3. The van der Waals surface area contributed by atoms with Crippen LogP contribution in [0.25, 0.3) is 17.2 Å². The molecular formula is C28H31FN2O4. The molecule has 0 unspecified atom stereocenters. The predicted octanol–water partition coefficient (Wildman–Crippen LogP) is 5.38. The van der Waals surface area contributed by atoms with Gasteiger partial charge in [0.05, 0.1) is 18.7 Å². The summed E-state index contributed by atoms with van der Waals surface area (Å²) in [7, 11) is 0. The van der Waals surface area contributed by atoms with Crippen molar-refractivity contribution in [3.63, 3.8) is 0 Å². The van der Waals surface area contributed by atoms with Crippen LogP contribution >= 0.6 is 0 Å². The minimum absolute atomic E-state index is 0.0666. The van der Waals surface area contributed by atoms with E-state index in [0.717, 1.165) is 42.5 Å². The molecule has 2 heterocycles. The fourth-order valence-electron chi connectivity index (χ4n) is 6.22. The number of carbonyl (C=O) groups is 2. The number of halogens is 1. The van der Waals surface area contributed by atoms with E-state index < -0.39 is 0 Å². The molecular weight excluding hydrogens is 447 g/mol. The molecule has 1 N–H and O–H groups in total. The van der Waals surface area contributed by atoms with E-state index in [9.17, 15) is 14.0 Å². The van der Waals surface area contributed by atoms with Crippen molar-refractivity contribution >= 4 is 18.1 Å². The Morgan fingerprint density at radius 2 is 2.09 bits per heavy atom. The fraction of sp³-hybridized carbons (Fsp3) is 0.464. The number of hydrogen-bond donors (Lipinski definition) is 1. The number of ether oxygens (including phenoxy) is 2. The van der Waals surface area contributed by atoms with Gasteiger partial charge in [0.25, 0.3) is 0 Å². The van der Waals surface area contributed by atoms with E-state index in [1.54, 1.807) is 19.2 Å². The molecule has 35 heavy (non-hydrogen) atoms. The zero-order chi connectivity index (χ0) is 24.4. The fourth-order valence-corrected chi connectivity index (χ4v) is 6.22. The summed E-state index contributed by atoms with van der Waals surface area (Å²) in [6, 6.07) is 10.5. The van der Waals surface area contributed by atoms with Gasteiger partial charge in [-0.05, 0) is 80.2 Å². The van der Waals surface area contributed by atoms with E-state index in [1.165, 1.54) is 12.1 Å². The average Bonchev–Trinajstić information content (AvgIpc) is 3.22. The number of fused-ring (bicyclic) bond motifs is 2.